The van der Waals surface area contributed by atoms with Gasteiger partial charge in [-0.1, -0.05) is 17.7 Å². The van der Waals surface area contributed by atoms with Crippen LogP contribution in [0.3, 0.4) is 0 Å². The van der Waals surface area contributed by atoms with E-state index < -0.39 is 6.04 Å². The second-order valence-corrected chi connectivity index (χ2v) is 9.30. The van der Waals surface area contributed by atoms with Crippen LogP contribution in [-0.2, 0) is 4.79 Å². The third-order valence-corrected chi connectivity index (χ3v) is 6.72. The molecule has 0 unspecified atom stereocenters. The number of benzene rings is 2. The molecule has 2 fully saturated rings. The van der Waals surface area contributed by atoms with Gasteiger partial charge in [-0.15, -0.1) is 0 Å². The molecular formula is C26H29N3O5. The lowest BCUT2D eigenvalue weighted by Crippen LogP contribution is -2.54. The van der Waals surface area contributed by atoms with Crippen molar-refractivity contribution in [3.8, 4) is 11.5 Å². The fourth-order valence-electron chi connectivity index (χ4n) is 4.49. The average Bonchev–Trinajstić information content (AvgIpc) is 3.54. The lowest BCUT2D eigenvalue weighted by Gasteiger charge is -2.36. The molecule has 1 aliphatic carbocycles. The third kappa shape index (κ3) is 4.85. The number of fused-ring (bicyclic) bond motifs is 1. The van der Waals surface area contributed by atoms with E-state index in [4.69, 9.17) is 9.47 Å². The van der Waals surface area contributed by atoms with Gasteiger partial charge in [-0.05, 0) is 68.9 Å². The summed E-state index contributed by atoms with van der Waals surface area (Å²) in [6.07, 6.45) is 3.22. The lowest BCUT2D eigenvalue weighted by molar-refractivity contribution is -0.124. The molecule has 1 saturated heterocycles. The number of hydrogen-bond donors (Lipinski definition) is 2. The minimum atomic E-state index is -0.628. The van der Waals surface area contributed by atoms with Crippen molar-refractivity contribution in [1.82, 2.24) is 15.5 Å². The molecule has 34 heavy (non-hydrogen) atoms. The van der Waals surface area contributed by atoms with E-state index >= 15 is 0 Å². The van der Waals surface area contributed by atoms with E-state index in [1.165, 1.54) is 0 Å². The van der Waals surface area contributed by atoms with Crippen LogP contribution >= 0.6 is 0 Å². The predicted octanol–water partition coefficient (Wildman–Crippen LogP) is 2.65. The molecule has 2 heterocycles. The smallest absolute Gasteiger partial charge is 0.253 e. The van der Waals surface area contributed by atoms with Gasteiger partial charge in [-0.2, -0.15) is 0 Å². The summed E-state index contributed by atoms with van der Waals surface area (Å²) in [6.45, 7) is 3.17. The molecule has 2 aliphatic heterocycles. The minimum absolute atomic E-state index is 0.0473. The Morgan fingerprint density at radius 1 is 0.912 bits per heavy atom. The number of carbonyl (C=O) groups is 3. The van der Waals surface area contributed by atoms with Gasteiger partial charge in [0.05, 0.1) is 0 Å². The van der Waals surface area contributed by atoms with E-state index in [9.17, 15) is 14.4 Å². The zero-order valence-corrected chi connectivity index (χ0v) is 19.2. The highest BCUT2D eigenvalue weighted by Crippen LogP contribution is 2.33. The van der Waals surface area contributed by atoms with E-state index in [0.717, 1.165) is 18.4 Å². The Morgan fingerprint density at radius 2 is 1.59 bits per heavy atom. The Labute approximate surface area is 198 Å². The Morgan fingerprint density at radius 3 is 2.29 bits per heavy atom. The van der Waals surface area contributed by atoms with Crippen LogP contribution < -0.4 is 20.1 Å². The van der Waals surface area contributed by atoms with Crippen molar-refractivity contribution in [2.45, 2.75) is 44.7 Å². The highest BCUT2D eigenvalue weighted by atomic mass is 16.7. The van der Waals surface area contributed by atoms with E-state index in [1.807, 2.05) is 19.1 Å². The molecule has 8 heteroatoms. The highest BCUT2D eigenvalue weighted by molar-refractivity contribution is 5.98. The number of nitrogens with zero attached hydrogens (tertiary/aromatic N) is 1. The number of carbonyl (C=O) groups excluding carboxylic acids is 3. The van der Waals surface area contributed by atoms with Crippen molar-refractivity contribution >= 4 is 17.7 Å². The van der Waals surface area contributed by atoms with Crippen LogP contribution in [0.15, 0.2) is 42.5 Å². The van der Waals surface area contributed by atoms with Gasteiger partial charge in [0.1, 0.15) is 6.04 Å². The van der Waals surface area contributed by atoms with Gasteiger partial charge in [0, 0.05) is 30.3 Å². The molecule has 0 radical (unpaired) electrons. The summed E-state index contributed by atoms with van der Waals surface area (Å²) in [5.41, 5.74) is 2.16. The average molecular weight is 464 g/mol. The SMILES string of the molecule is Cc1ccc(C(=O)N[C@H](C(=O)NC2CC2)C2CCN(C(=O)c3ccc4c(c3)OCO4)CC2)cc1. The van der Waals surface area contributed by atoms with Crippen LogP contribution in [0.5, 0.6) is 11.5 Å². The summed E-state index contributed by atoms with van der Waals surface area (Å²) < 4.78 is 10.7. The molecule has 3 aliphatic rings. The number of rotatable bonds is 6. The van der Waals surface area contributed by atoms with Crippen molar-refractivity contribution in [2.24, 2.45) is 5.92 Å². The molecule has 1 atom stereocenters. The summed E-state index contributed by atoms with van der Waals surface area (Å²) in [5.74, 6) is 0.715. The molecular weight excluding hydrogens is 434 g/mol. The maximum Gasteiger partial charge on any atom is 0.253 e. The number of likely N-dealkylation sites (tertiary alicyclic amines) is 1. The normalized spacial score (nSPS) is 18.3. The topological polar surface area (TPSA) is 97.0 Å². The van der Waals surface area contributed by atoms with Crippen LogP contribution in [0.1, 0.15) is 52.0 Å². The first-order chi connectivity index (χ1) is 16.5. The molecule has 8 nitrogen and oxygen atoms in total. The molecule has 0 aromatic heterocycles. The molecule has 3 amide bonds. The first-order valence-electron chi connectivity index (χ1n) is 11.8. The summed E-state index contributed by atoms with van der Waals surface area (Å²) in [5, 5.41) is 6.02. The number of nitrogens with one attached hydrogen (secondary N) is 2. The van der Waals surface area contributed by atoms with Gasteiger partial charge < -0.3 is 25.0 Å². The zero-order valence-electron chi connectivity index (χ0n) is 19.2. The van der Waals surface area contributed by atoms with Gasteiger partial charge in [-0.25, -0.2) is 0 Å². The number of piperidine rings is 1. The monoisotopic (exact) mass is 463 g/mol. The van der Waals surface area contributed by atoms with Crippen molar-refractivity contribution in [2.75, 3.05) is 19.9 Å². The Kier molecular flexibility index (Phi) is 6.13. The van der Waals surface area contributed by atoms with E-state index in [0.29, 0.717) is 48.6 Å². The standard InChI is InChI=1S/C26H29N3O5/c1-16-2-4-18(5-3-16)24(30)28-23(25(31)27-20-7-8-20)17-10-12-29(13-11-17)26(32)19-6-9-21-22(14-19)34-15-33-21/h2-6,9,14,17,20,23H,7-8,10-13,15H2,1H3,(H,27,31)(H,28,30)/t23-/m0/s1. The first-order valence-corrected chi connectivity index (χ1v) is 11.8. The summed E-state index contributed by atoms with van der Waals surface area (Å²) in [4.78, 5) is 40.7. The van der Waals surface area contributed by atoms with Crippen molar-refractivity contribution in [3.05, 3.63) is 59.2 Å². The first kappa shape index (κ1) is 22.3. The van der Waals surface area contributed by atoms with E-state index in [2.05, 4.69) is 10.6 Å². The number of aryl methyl sites for hydroxylation is 1. The number of amides is 3. The second kappa shape index (κ2) is 9.37. The fraction of sp³-hybridized carbons (Fsp3) is 0.423. The maximum absolute atomic E-state index is 13.0. The van der Waals surface area contributed by atoms with Gasteiger partial charge >= 0.3 is 0 Å². The fourth-order valence-corrected chi connectivity index (χ4v) is 4.49. The van der Waals surface area contributed by atoms with Gasteiger partial charge in [0.25, 0.3) is 11.8 Å². The number of hydrogen-bond acceptors (Lipinski definition) is 5. The minimum Gasteiger partial charge on any atom is -0.454 e. The van der Waals surface area contributed by atoms with Gasteiger partial charge in [-0.3, -0.25) is 14.4 Å². The lowest BCUT2D eigenvalue weighted by atomic mass is 9.88. The molecule has 2 N–H and O–H groups in total. The number of ether oxygens (including phenoxy) is 2. The van der Waals surface area contributed by atoms with Crippen LogP contribution in [0.2, 0.25) is 0 Å². The Balaban J connectivity index is 1.24. The predicted molar refractivity (Wildman–Crippen MR) is 125 cm³/mol. The van der Waals surface area contributed by atoms with E-state index in [-0.39, 0.29) is 36.5 Å². The van der Waals surface area contributed by atoms with E-state index in [1.54, 1.807) is 35.2 Å². The van der Waals surface area contributed by atoms with Crippen molar-refractivity contribution in [1.29, 1.82) is 0 Å². The Hall–Kier alpha value is -3.55. The van der Waals surface area contributed by atoms with Gasteiger partial charge in [0.15, 0.2) is 11.5 Å². The molecule has 2 aromatic carbocycles. The molecule has 2 aromatic rings. The van der Waals surface area contributed by atoms with Crippen molar-refractivity contribution < 1.29 is 23.9 Å². The molecule has 1 saturated carbocycles. The largest absolute Gasteiger partial charge is 0.454 e. The maximum atomic E-state index is 13.0. The third-order valence-electron chi connectivity index (χ3n) is 6.72. The molecule has 5 rings (SSSR count). The summed E-state index contributed by atoms with van der Waals surface area (Å²) >= 11 is 0. The summed E-state index contributed by atoms with van der Waals surface area (Å²) in [6, 6.07) is 12.1. The van der Waals surface area contributed by atoms with Gasteiger partial charge in [0.2, 0.25) is 12.7 Å². The molecule has 178 valence electrons. The molecule has 0 bridgehead atoms. The summed E-state index contributed by atoms with van der Waals surface area (Å²) in [7, 11) is 0. The van der Waals surface area contributed by atoms with Crippen molar-refractivity contribution in [3.63, 3.8) is 0 Å². The van der Waals surface area contributed by atoms with Crippen LogP contribution in [-0.4, -0.2) is 54.6 Å². The molecule has 0 spiro atoms. The van der Waals surface area contributed by atoms with Crippen LogP contribution in [0.25, 0.3) is 0 Å². The Bertz CT molecular complexity index is 1090. The second-order valence-electron chi connectivity index (χ2n) is 9.30. The highest BCUT2D eigenvalue weighted by Gasteiger charge is 2.36. The zero-order chi connectivity index (χ0) is 23.7. The quantitative estimate of drug-likeness (QED) is 0.687. The van der Waals surface area contributed by atoms with Crippen LogP contribution in [0, 0.1) is 12.8 Å². The van der Waals surface area contributed by atoms with Crippen LogP contribution in [0.4, 0.5) is 0 Å².